The molecule has 212 valence electrons. The number of carbonyl (C=O) groups is 2. The predicted molar refractivity (Wildman–Crippen MR) is 131 cm³/mol. The van der Waals surface area contributed by atoms with Crippen molar-refractivity contribution in [3.63, 3.8) is 0 Å². The van der Waals surface area contributed by atoms with Crippen molar-refractivity contribution in [2.45, 2.75) is 123 Å². The fourth-order valence-corrected chi connectivity index (χ4v) is 4.03. The summed E-state index contributed by atoms with van der Waals surface area (Å²) in [6.07, 6.45) is 12.7. The van der Waals surface area contributed by atoms with Crippen LogP contribution in [0.25, 0.3) is 0 Å². The van der Waals surface area contributed by atoms with Gasteiger partial charge in [-0.2, -0.15) is 0 Å². The zero-order valence-electron chi connectivity index (χ0n) is 22.1. The van der Waals surface area contributed by atoms with Gasteiger partial charge in [0.25, 0.3) is 0 Å². The molecule has 0 saturated carbocycles. The minimum atomic E-state index is -2.26. The third-order valence-electron chi connectivity index (χ3n) is 6.23. The third-order valence-corrected chi connectivity index (χ3v) is 6.23. The van der Waals surface area contributed by atoms with Crippen molar-refractivity contribution >= 4 is 11.9 Å². The van der Waals surface area contributed by atoms with Crippen LogP contribution in [0, 0.1) is 29.1 Å². The maximum absolute atomic E-state index is 13.8. The van der Waals surface area contributed by atoms with Gasteiger partial charge in [-0.05, 0) is 26.2 Å². The SMILES string of the molecule is CCCCCCCCCCOC(=O)CCCCCCCCC(=O)OC(C)c1c(F)c(F)c(F)c(F)c1F. The third kappa shape index (κ3) is 12.7. The second kappa shape index (κ2) is 19.0. The second-order valence-corrected chi connectivity index (χ2v) is 9.43. The summed E-state index contributed by atoms with van der Waals surface area (Å²) in [5.41, 5.74) is -1.17. The summed E-state index contributed by atoms with van der Waals surface area (Å²) in [6, 6.07) is 0. The van der Waals surface area contributed by atoms with Crippen LogP contribution >= 0.6 is 0 Å². The molecule has 1 atom stereocenters. The zero-order valence-corrected chi connectivity index (χ0v) is 22.1. The molecule has 9 heteroatoms. The summed E-state index contributed by atoms with van der Waals surface area (Å²) in [5.74, 6) is -11.4. The predicted octanol–water partition coefficient (Wildman–Crippen LogP) is 8.79. The van der Waals surface area contributed by atoms with Gasteiger partial charge in [0.05, 0.1) is 12.2 Å². The number of halogens is 5. The molecule has 0 spiro atoms. The number of benzene rings is 1. The normalized spacial score (nSPS) is 12.0. The first-order chi connectivity index (χ1) is 17.7. The molecule has 0 saturated heterocycles. The van der Waals surface area contributed by atoms with Crippen LogP contribution in [-0.4, -0.2) is 18.5 Å². The molecular weight excluding hydrogens is 495 g/mol. The van der Waals surface area contributed by atoms with Gasteiger partial charge in [0.1, 0.15) is 6.10 Å². The first-order valence-electron chi connectivity index (χ1n) is 13.6. The van der Waals surface area contributed by atoms with E-state index >= 15 is 0 Å². The summed E-state index contributed by atoms with van der Waals surface area (Å²) in [4.78, 5) is 23.7. The standard InChI is InChI=1S/C28H41F5O4/c1-3-4-5-6-7-10-13-16-19-36-21(34)17-14-11-8-9-12-15-18-22(35)37-20(2)23-24(29)26(31)28(33)27(32)25(23)30/h20H,3-19H2,1-2H3. The maximum atomic E-state index is 13.8. The molecule has 0 radical (unpaired) electrons. The van der Waals surface area contributed by atoms with Gasteiger partial charge in [-0.1, -0.05) is 77.6 Å². The van der Waals surface area contributed by atoms with Gasteiger partial charge in [0.15, 0.2) is 23.3 Å². The molecule has 0 heterocycles. The number of carbonyl (C=O) groups excluding carboxylic acids is 2. The highest BCUT2D eigenvalue weighted by Gasteiger charge is 2.30. The highest BCUT2D eigenvalue weighted by Crippen LogP contribution is 2.29. The molecule has 1 rings (SSSR count). The number of rotatable bonds is 20. The summed E-state index contributed by atoms with van der Waals surface area (Å²) in [7, 11) is 0. The molecule has 0 aliphatic rings. The van der Waals surface area contributed by atoms with E-state index in [2.05, 4.69) is 6.92 Å². The van der Waals surface area contributed by atoms with E-state index in [1.807, 2.05) is 0 Å². The molecule has 0 bridgehead atoms. The average Bonchev–Trinajstić information content (AvgIpc) is 2.86. The number of hydrogen-bond donors (Lipinski definition) is 0. The Balaban J connectivity index is 2.07. The minimum Gasteiger partial charge on any atom is -0.466 e. The number of ether oxygens (including phenoxy) is 2. The van der Waals surface area contributed by atoms with E-state index in [4.69, 9.17) is 9.47 Å². The van der Waals surface area contributed by atoms with E-state index in [0.717, 1.165) is 45.4 Å². The lowest BCUT2D eigenvalue weighted by atomic mass is 10.1. The largest absolute Gasteiger partial charge is 0.466 e. The summed E-state index contributed by atoms with van der Waals surface area (Å²) in [5, 5.41) is 0. The fraction of sp³-hybridized carbons (Fsp3) is 0.714. The molecule has 0 N–H and O–H groups in total. The first-order valence-corrected chi connectivity index (χ1v) is 13.6. The van der Waals surface area contributed by atoms with E-state index < -0.39 is 46.7 Å². The fourth-order valence-electron chi connectivity index (χ4n) is 4.03. The van der Waals surface area contributed by atoms with Crippen LogP contribution in [0.1, 0.15) is 128 Å². The quantitative estimate of drug-likeness (QED) is 0.0549. The Morgan fingerprint density at radius 3 is 1.51 bits per heavy atom. The molecule has 37 heavy (non-hydrogen) atoms. The number of esters is 2. The van der Waals surface area contributed by atoms with Gasteiger partial charge in [-0.25, -0.2) is 22.0 Å². The average molecular weight is 537 g/mol. The van der Waals surface area contributed by atoms with E-state index in [9.17, 15) is 31.5 Å². The van der Waals surface area contributed by atoms with E-state index in [0.29, 0.717) is 25.9 Å². The molecule has 0 fully saturated rings. The van der Waals surface area contributed by atoms with Crippen molar-refractivity contribution in [1.82, 2.24) is 0 Å². The molecular formula is C28H41F5O4. The lowest BCUT2D eigenvalue weighted by Crippen LogP contribution is -2.15. The van der Waals surface area contributed by atoms with Crippen LogP contribution in [0.15, 0.2) is 0 Å². The molecule has 1 unspecified atom stereocenters. The van der Waals surface area contributed by atoms with Gasteiger partial charge in [0, 0.05) is 12.8 Å². The van der Waals surface area contributed by atoms with Crippen LogP contribution in [0.5, 0.6) is 0 Å². The Hall–Kier alpha value is -2.19. The molecule has 0 aromatic heterocycles. The van der Waals surface area contributed by atoms with Gasteiger partial charge in [-0.3, -0.25) is 9.59 Å². The Labute approximate surface area is 217 Å². The van der Waals surface area contributed by atoms with Crippen molar-refractivity contribution in [3.8, 4) is 0 Å². The van der Waals surface area contributed by atoms with Crippen LogP contribution in [-0.2, 0) is 19.1 Å². The van der Waals surface area contributed by atoms with Crippen LogP contribution in [0.3, 0.4) is 0 Å². The van der Waals surface area contributed by atoms with Gasteiger partial charge in [-0.15, -0.1) is 0 Å². The highest BCUT2D eigenvalue weighted by molar-refractivity contribution is 5.69. The lowest BCUT2D eigenvalue weighted by Gasteiger charge is -2.16. The molecule has 4 nitrogen and oxygen atoms in total. The topological polar surface area (TPSA) is 52.6 Å². The van der Waals surface area contributed by atoms with Gasteiger partial charge in [0.2, 0.25) is 5.82 Å². The summed E-state index contributed by atoms with van der Waals surface area (Å²) < 4.78 is 77.6. The molecule has 0 aliphatic carbocycles. The zero-order chi connectivity index (χ0) is 27.6. The Bertz CT molecular complexity index is 802. The lowest BCUT2D eigenvalue weighted by molar-refractivity contribution is -0.149. The Kier molecular flexibility index (Phi) is 16.8. The summed E-state index contributed by atoms with van der Waals surface area (Å²) >= 11 is 0. The van der Waals surface area contributed by atoms with Gasteiger partial charge >= 0.3 is 11.9 Å². The Morgan fingerprint density at radius 1 is 0.595 bits per heavy atom. The van der Waals surface area contributed by atoms with E-state index in [1.165, 1.54) is 38.5 Å². The molecule has 0 aliphatic heterocycles. The van der Waals surface area contributed by atoms with Crippen molar-refractivity contribution in [1.29, 1.82) is 0 Å². The van der Waals surface area contributed by atoms with Crippen LogP contribution in [0.4, 0.5) is 22.0 Å². The van der Waals surface area contributed by atoms with Crippen molar-refractivity contribution in [3.05, 3.63) is 34.6 Å². The second-order valence-electron chi connectivity index (χ2n) is 9.43. The van der Waals surface area contributed by atoms with Crippen molar-refractivity contribution < 1.29 is 41.0 Å². The van der Waals surface area contributed by atoms with Gasteiger partial charge < -0.3 is 9.47 Å². The monoisotopic (exact) mass is 536 g/mol. The molecule has 1 aromatic carbocycles. The van der Waals surface area contributed by atoms with Crippen molar-refractivity contribution in [2.24, 2.45) is 0 Å². The minimum absolute atomic E-state index is 0.0369. The van der Waals surface area contributed by atoms with Crippen LogP contribution in [0.2, 0.25) is 0 Å². The molecule has 1 aromatic rings. The first kappa shape index (κ1) is 32.8. The van der Waals surface area contributed by atoms with Crippen molar-refractivity contribution in [2.75, 3.05) is 6.61 Å². The number of unbranched alkanes of at least 4 members (excludes halogenated alkanes) is 12. The van der Waals surface area contributed by atoms with Crippen LogP contribution < -0.4 is 0 Å². The van der Waals surface area contributed by atoms with E-state index in [1.54, 1.807) is 0 Å². The van der Waals surface area contributed by atoms with E-state index in [-0.39, 0.29) is 12.4 Å². The maximum Gasteiger partial charge on any atom is 0.306 e. The molecule has 0 amide bonds. The smallest absolute Gasteiger partial charge is 0.306 e. The number of hydrogen-bond acceptors (Lipinski definition) is 4. The Morgan fingerprint density at radius 2 is 1.00 bits per heavy atom. The highest BCUT2D eigenvalue weighted by atomic mass is 19.2. The summed E-state index contributed by atoms with van der Waals surface area (Å²) in [6.45, 7) is 3.73.